The smallest absolute Gasteiger partial charge is 0.447 e. The second-order valence-corrected chi connectivity index (χ2v) is 9.49. The lowest BCUT2D eigenvalue weighted by molar-refractivity contribution is -0.436. The van der Waals surface area contributed by atoms with Crippen LogP contribution < -0.4 is 10.1 Å². The van der Waals surface area contributed by atoms with Crippen molar-refractivity contribution in [2.45, 2.75) is 42.5 Å². The highest BCUT2D eigenvalue weighted by molar-refractivity contribution is 5.81. The molecule has 1 aliphatic carbocycles. The van der Waals surface area contributed by atoms with Gasteiger partial charge < -0.3 is 19.9 Å². The maximum absolute atomic E-state index is 13.1. The van der Waals surface area contributed by atoms with Crippen LogP contribution in [0.2, 0.25) is 0 Å². The Bertz CT molecular complexity index is 1400. The first kappa shape index (κ1) is 31.5. The second-order valence-electron chi connectivity index (χ2n) is 9.49. The van der Waals surface area contributed by atoms with Gasteiger partial charge in [0.15, 0.2) is 0 Å². The Kier molecular flexibility index (Phi) is 8.31. The first-order valence-electron chi connectivity index (χ1n) is 12.3. The number of carbonyl (C=O) groups excluding carboxylic acids is 1. The summed E-state index contributed by atoms with van der Waals surface area (Å²) in [6.07, 6.45) is -22.5. The molecule has 3 aromatic carbocycles. The first-order valence-corrected chi connectivity index (χ1v) is 12.3. The summed E-state index contributed by atoms with van der Waals surface area (Å²) in [4.78, 5) is 24.2. The van der Waals surface area contributed by atoms with E-state index in [-0.39, 0.29) is 18.1 Å². The zero-order chi connectivity index (χ0) is 31.8. The van der Waals surface area contributed by atoms with Crippen LogP contribution in [0.1, 0.15) is 22.6 Å². The van der Waals surface area contributed by atoms with Gasteiger partial charge in [0.1, 0.15) is 18.4 Å². The molecule has 0 heterocycles. The Morgan fingerprint density at radius 2 is 1.21 bits per heavy atom. The van der Waals surface area contributed by atoms with Gasteiger partial charge in [0, 0.05) is 12.3 Å². The molecule has 3 aromatic rings. The number of alkyl carbamates (subject to hydrolysis) is 1. The fraction of sp³-hybridized carbons (Fsp3) is 0.286. The second kappa shape index (κ2) is 11.3. The van der Waals surface area contributed by atoms with Gasteiger partial charge in [0.25, 0.3) is 0 Å². The van der Waals surface area contributed by atoms with Crippen LogP contribution in [0.3, 0.4) is 0 Å². The molecule has 1 amide bonds. The van der Waals surface area contributed by atoms with Gasteiger partial charge in [-0.1, -0.05) is 60.7 Å². The van der Waals surface area contributed by atoms with E-state index in [9.17, 15) is 54.2 Å². The average molecular weight is 621 g/mol. The number of hydrogen-bond acceptors (Lipinski definition) is 4. The summed E-state index contributed by atoms with van der Waals surface area (Å²) >= 11 is 0. The Balaban J connectivity index is 1.44. The van der Waals surface area contributed by atoms with Gasteiger partial charge in [-0.15, -0.1) is 0 Å². The van der Waals surface area contributed by atoms with Crippen molar-refractivity contribution in [2.75, 3.05) is 6.61 Å². The highest BCUT2D eigenvalue weighted by Gasteiger charge is 2.87. The summed E-state index contributed by atoms with van der Waals surface area (Å²) in [5, 5.41) is 11.6. The zero-order valence-corrected chi connectivity index (χ0v) is 21.5. The van der Waals surface area contributed by atoms with Crippen molar-refractivity contribution in [3.8, 4) is 16.9 Å². The lowest BCUT2D eigenvalue weighted by Crippen LogP contribution is -2.69. The molecular weight excluding hydrogens is 601 g/mol. The molecule has 0 saturated carbocycles. The van der Waals surface area contributed by atoms with Crippen LogP contribution in [0.4, 0.5) is 44.3 Å². The molecule has 230 valence electrons. The van der Waals surface area contributed by atoms with Crippen LogP contribution in [0.15, 0.2) is 72.8 Å². The van der Waals surface area contributed by atoms with Crippen LogP contribution in [0.5, 0.6) is 5.75 Å². The van der Waals surface area contributed by atoms with Crippen LogP contribution >= 0.6 is 0 Å². The van der Waals surface area contributed by atoms with Gasteiger partial charge in [-0.25, -0.2) is 9.59 Å². The van der Waals surface area contributed by atoms with Crippen molar-refractivity contribution in [2.24, 2.45) is 0 Å². The van der Waals surface area contributed by atoms with Crippen molar-refractivity contribution in [3.05, 3.63) is 89.5 Å². The lowest BCUT2D eigenvalue weighted by atomic mass is 9.98. The van der Waals surface area contributed by atoms with E-state index < -0.39 is 54.4 Å². The highest BCUT2D eigenvalue weighted by Crippen LogP contribution is 2.54. The van der Waals surface area contributed by atoms with E-state index in [4.69, 9.17) is 4.74 Å². The van der Waals surface area contributed by atoms with Crippen LogP contribution in [0.25, 0.3) is 11.1 Å². The summed E-state index contributed by atoms with van der Waals surface area (Å²) < 4.78 is 127. The molecular formula is C28H20F9NO5. The number of ether oxygens (including phenoxy) is 2. The summed E-state index contributed by atoms with van der Waals surface area (Å²) in [5.41, 5.74) is -2.92. The van der Waals surface area contributed by atoms with Gasteiger partial charge in [-0.05, 0) is 39.9 Å². The highest BCUT2D eigenvalue weighted by atomic mass is 19.4. The fourth-order valence-electron chi connectivity index (χ4n) is 4.74. The molecule has 1 atom stereocenters. The largest absolute Gasteiger partial charge is 0.480 e. The molecule has 0 saturated heterocycles. The third-order valence-electron chi connectivity index (χ3n) is 6.77. The van der Waals surface area contributed by atoms with Gasteiger partial charge in [-0.2, -0.15) is 39.5 Å². The van der Waals surface area contributed by atoms with Crippen molar-refractivity contribution in [1.82, 2.24) is 5.32 Å². The number of carbonyl (C=O) groups is 2. The minimum absolute atomic E-state index is 0.0738. The fourth-order valence-corrected chi connectivity index (χ4v) is 4.74. The minimum Gasteiger partial charge on any atom is -0.480 e. The average Bonchev–Trinajstić information content (AvgIpc) is 3.22. The standard InChI is InChI=1S/C28H20F9NO5/c29-26(30,31)25(27(32,33)34,28(35,36)37)43-16-11-9-15(10-12-16)13-22(23(39)40)38-24(41)42-14-21-19-7-3-1-5-17(19)18-6-2-4-8-20(18)21/h1-12,21-22H,13-14H2,(H,38,41)(H,39,40)/t22-/m0/s1. The topological polar surface area (TPSA) is 84.9 Å². The molecule has 43 heavy (non-hydrogen) atoms. The third kappa shape index (κ3) is 6.06. The summed E-state index contributed by atoms with van der Waals surface area (Å²) in [7, 11) is 0. The van der Waals surface area contributed by atoms with Crippen molar-refractivity contribution in [1.29, 1.82) is 0 Å². The quantitative estimate of drug-likeness (QED) is 0.264. The molecule has 15 heteroatoms. The van der Waals surface area contributed by atoms with E-state index in [0.717, 1.165) is 34.4 Å². The molecule has 0 bridgehead atoms. The van der Waals surface area contributed by atoms with E-state index >= 15 is 0 Å². The van der Waals surface area contributed by atoms with Gasteiger partial charge in [0.05, 0.1) is 0 Å². The normalized spacial score (nSPS) is 14.4. The maximum Gasteiger partial charge on any atom is 0.447 e. The summed E-state index contributed by atoms with van der Waals surface area (Å²) in [6.45, 7) is -0.155. The predicted octanol–water partition coefficient (Wildman–Crippen LogP) is 7.03. The number of rotatable bonds is 8. The Labute approximate surface area is 237 Å². The maximum atomic E-state index is 13.1. The van der Waals surface area contributed by atoms with Crippen molar-refractivity contribution < 1.29 is 63.7 Å². The molecule has 1 aliphatic rings. The molecule has 0 spiro atoms. The number of aliphatic carboxylic acids is 1. The SMILES string of the molecule is O=C(N[C@@H](Cc1ccc(OC(C(F)(F)F)(C(F)(F)F)C(F)(F)F)cc1)C(=O)O)OCC1c2ccccc2-c2ccccc21. The van der Waals surface area contributed by atoms with E-state index in [1.807, 2.05) is 48.5 Å². The Morgan fingerprint density at radius 3 is 1.65 bits per heavy atom. The number of amides is 1. The number of nitrogens with one attached hydrogen (secondary N) is 1. The zero-order valence-electron chi connectivity index (χ0n) is 21.5. The van der Waals surface area contributed by atoms with Crippen LogP contribution in [-0.4, -0.2) is 53.9 Å². The van der Waals surface area contributed by atoms with Crippen molar-refractivity contribution in [3.63, 3.8) is 0 Å². The number of fused-ring (bicyclic) bond motifs is 3. The molecule has 0 unspecified atom stereocenters. The lowest BCUT2D eigenvalue weighted by Gasteiger charge is -2.38. The Morgan fingerprint density at radius 1 is 0.744 bits per heavy atom. The molecule has 4 rings (SSSR count). The number of hydrogen-bond donors (Lipinski definition) is 2. The molecule has 0 radical (unpaired) electrons. The molecule has 0 aromatic heterocycles. The number of alkyl halides is 9. The number of halogens is 9. The van der Waals surface area contributed by atoms with Crippen LogP contribution in [-0.2, 0) is 16.0 Å². The minimum atomic E-state index is -6.93. The number of carboxylic acid groups (broad SMARTS) is 1. The molecule has 0 aliphatic heterocycles. The monoisotopic (exact) mass is 621 g/mol. The number of benzene rings is 3. The first-order chi connectivity index (χ1) is 20.0. The van der Waals surface area contributed by atoms with Gasteiger partial charge >= 0.3 is 36.2 Å². The van der Waals surface area contributed by atoms with E-state index in [1.54, 1.807) is 0 Å². The van der Waals surface area contributed by atoms with Crippen molar-refractivity contribution >= 4 is 12.1 Å². The Hall–Kier alpha value is -4.43. The summed E-state index contributed by atoms with van der Waals surface area (Å²) in [5.74, 6) is -3.35. The van der Waals surface area contributed by atoms with E-state index in [0.29, 0.717) is 12.1 Å². The molecule has 2 N–H and O–H groups in total. The van der Waals surface area contributed by atoms with Gasteiger partial charge in [-0.3, -0.25) is 0 Å². The van der Waals surface area contributed by atoms with Gasteiger partial charge in [0.2, 0.25) is 0 Å². The van der Waals surface area contributed by atoms with E-state index in [2.05, 4.69) is 10.1 Å². The molecule has 0 fully saturated rings. The third-order valence-corrected chi connectivity index (χ3v) is 6.77. The van der Waals surface area contributed by atoms with E-state index in [1.165, 1.54) is 0 Å². The molecule has 6 nitrogen and oxygen atoms in total. The number of carboxylic acids is 1. The van der Waals surface area contributed by atoms with Crippen LogP contribution in [0, 0.1) is 0 Å². The predicted molar refractivity (Wildman–Crippen MR) is 131 cm³/mol. The summed E-state index contributed by atoms with van der Waals surface area (Å²) in [6, 6.07) is 15.5.